The summed E-state index contributed by atoms with van der Waals surface area (Å²) in [7, 11) is 2.18. The molecular weight excluding hydrogens is 262 g/mol. The average Bonchev–Trinajstić information content (AvgIpc) is 3.10. The van der Waals surface area contributed by atoms with Gasteiger partial charge in [-0.25, -0.2) is 0 Å². The summed E-state index contributed by atoms with van der Waals surface area (Å²) in [6, 6.07) is 2.01. The summed E-state index contributed by atoms with van der Waals surface area (Å²) in [5, 5.41) is 4.34. The van der Waals surface area contributed by atoms with E-state index in [4.69, 9.17) is 0 Å². The molecule has 21 heavy (non-hydrogen) atoms. The second kappa shape index (κ2) is 6.35. The van der Waals surface area contributed by atoms with Gasteiger partial charge in [0.25, 0.3) is 0 Å². The zero-order chi connectivity index (χ0) is 14.7. The summed E-state index contributed by atoms with van der Waals surface area (Å²) in [6.07, 6.45) is 9.01. The highest BCUT2D eigenvalue weighted by Crippen LogP contribution is 2.20. The van der Waals surface area contributed by atoms with Gasteiger partial charge in [-0.3, -0.25) is 14.6 Å². The highest BCUT2D eigenvalue weighted by Gasteiger charge is 2.20. The quantitative estimate of drug-likeness (QED) is 0.845. The van der Waals surface area contributed by atoms with Crippen molar-refractivity contribution in [2.75, 3.05) is 20.1 Å². The maximum atomic E-state index is 4.60. The van der Waals surface area contributed by atoms with Crippen LogP contribution in [-0.4, -0.2) is 44.8 Å². The molecule has 112 valence electrons. The molecule has 3 rings (SSSR count). The maximum absolute atomic E-state index is 4.60. The highest BCUT2D eigenvalue weighted by atomic mass is 15.3. The molecule has 5 nitrogen and oxygen atoms in total. The Labute approximate surface area is 126 Å². The van der Waals surface area contributed by atoms with Crippen LogP contribution in [0.15, 0.2) is 24.7 Å². The minimum absolute atomic E-state index is 0.723. The molecule has 5 heteroatoms. The summed E-state index contributed by atoms with van der Waals surface area (Å²) in [6.45, 7) is 5.44. The first-order valence-electron chi connectivity index (χ1n) is 7.78. The van der Waals surface area contributed by atoms with Crippen LogP contribution in [0.1, 0.15) is 25.5 Å². The molecule has 0 saturated carbocycles. The van der Waals surface area contributed by atoms with E-state index >= 15 is 0 Å². The lowest BCUT2D eigenvalue weighted by molar-refractivity contribution is 0.393. The Morgan fingerprint density at radius 3 is 2.86 bits per heavy atom. The molecule has 1 fully saturated rings. The minimum Gasteiger partial charge on any atom is -0.306 e. The molecule has 0 aliphatic carbocycles. The van der Waals surface area contributed by atoms with Crippen molar-refractivity contribution in [3.05, 3.63) is 30.4 Å². The van der Waals surface area contributed by atoms with Crippen LogP contribution in [0.4, 0.5) is 0 Å². The molecule has 2 aromatic rings. The van der Waals surface area contributed by atoms with Crippen LogP contribution in [0, 0.1) is 5.92 Å². The third kappa shape index (κ3) is 3.29. The Morgan fingerprint density at radius 1 is 1.29 bits per heavy atom. The van der Waals surface area contributed by atoms with E-state index in [1.165, 1.54) is 19.5 Å². The Balaban J connectivity index is 1.70. The smallest absolute Gasteiger partial charge is 0.107 e. The second-order valence-corrected chi connectivity index (χ2v) is 5.95. The van der Waals surface area contributed by atoms with E-state index in [1.807, 2.05) is 29.3 Å². The van der Waals surface area contributed by atoms with Crippen molar-refractivity contribution in [2.45, 2.75) is 32.7 Å². The van der Waals surface area contributed by atoms with Crippen molar-refractivity contribution in [1.29, 1.82) is 0 Å². The van der Waals surface area contributed by atoms with Crippen LogP contribution in [0.2, 0.25) is 0 Å². The summed E-state index contributed by atoms with van der Waals surface area (Å²) in [5.41, 5.74) is 3.06. The standard InChI is InChI=1S/C16H23N5/c1-3-7-21-16(4-6-19-21)15-11-17-14(10-18-15)9-13-5-8-20(2)12-13/h4,6,10-11,13H,3,5,7-9,12H2,1-2H3/t13-/m0/s1. The van der Waals surface area contributed by atoms with Gasteiger partial charge in [0.15, 0.2) is 0 Å². The summed E-state index contributed by atoms with van der Waals surface area (Å²) in [4.78, 5) is 11.6. The van der Waals surface area contributed by atoms with Crippen LogP contribution >= 0.6 is 0 Å². The summed E-state index contributed by atoms with van der Waals surface area (Å²) < 4.78 is 2.00. The van der Waals surface area contributed by atoms with Crippen molar-refractivity contribution in [1.82, 2.24) is 24.6 Å². The molecule has 0 N–H and O–H groups in total. The third-order valence-corrected chi connectivity index (χ3v) is 4.11. The predicted octanol–water partition coefficient (Wildman–Crippen LogP) is 2.24. The number of rotatable bonds is 5. The molecule has 0 radical (unpaired) electrons. The molecule has 1 saturated heterocycles. The zero-order valence-electron chi connectivity index (χ0n) is 12.9. The molecule has 0 aromatic carbocycles. The minimum atomic E-state index is 0.723. The number of nitrogens with zero attached hydrogens (tertiary/aromatic N) is 5. The first-order chi connectivity index (χ1) is 10.3. The van der Waals surface area contributed by atoms with E-state index in [1.54, 1.807) is 0 Å². The van der Waals surface area contributed by atoms with E-state index in [0.29, 0.717) is 0 Å². The predicted molar refractivity (Wildman–Crippen MR) is 82.9 cm³/mol. The molecule has 0 amide bonds. The Morgan fingerprint density at radius 2 is 2.19 bits per heavy atom. The Kier molecular flexibility index (Phi) is 4.29. The van der Waals surface area contributed by atoms with Crippen LogP contribution in [0.25, 0.3) is 11.4 Å². The van der Waals surface area contributed by atoms with Gasteiger partial charge in [0.2, 0.25) is 0 Å². The lowest BCUT2D eigenvalue weighted by Gasteiger charge is -2.10. The van der Waals surface area contributed by atoms with Crippen LogP contribution < -0.4 is 0 Å². The average molecular weight is 285 g/mol. The zero-order valence-corrected chi connectivity index (χ0v) is 12.9. The van der Waals surface area contributed by atoms with E-state index < -0.39 is 0 Å². The van der Waals surface area contributed by atoms with Crippen molar-refractivity contribution in [2.24, 2.45) is 5.92 Å². The van der Waals surface area contributed by atoms with Crippen LogP contribution in [0.5, 0.6) is 0 Å². The number of hydrogen-bond donors (Lipinski definition) is 0. The molecule has 0 bridgehead atoms. The van der Waals surface area contributed by atoms with E-state index in [2.05, 4.69) is 33.9 Å². The number of aromatic nitrogens is 4. The lowest BCUT2D eigenvalue weighted by Crippen LogP contribution is -2.15. The SMILES string of the molecule is CCCn1nccc1-c1cnc(C[C@@H]2CCN(C)C2)cn1. The van der Waals surface area contributed by atoms with E-state index in [9.17, 15) is 0 Å². The molecule has 3 heterocycles. The molecule has 0 spiro atoms. The van der Waals surface area contributed by atoms with Gasteiger partial charge >= 0.3 is 0 Å². The molecule has 1 aliphatic rings. The van der Waals surface area contributed by atoms with Crippen molar-refractivity contribution < 1.29 is 0 Å². The molecule has 0 unspecified atom stereocenters. The monoisotopic (exact) mass is 285 g/mol. The van der Waals surface area contributed by atoms with Gasteiger partial charge in [0, 0.05) is 25.5 Å². The second-order valence-electron chi connectivity index (χ2n) is 5.95. The van der Waals surface area contributed by atoms with Crippen LogP contribution in [0.3, 0.4) is 0 Å². The normalized spacial score (nSPS) is 19.2. The Bertz CT molecular complexity index is 575. The van der Waals surface area contributed by atoms with Gasteiger partial charge in [0.05, 0.1) is 17.6 Å². The first kappa shape index (κ1) is 14.2. The topological polar surface area (TPSA) is 46.8 Å². The van der Waals surface area contributed by atoms with Gasteiger partial charge in [-0.2, -0.15) is 5.10 Å². The fraction of sp³-hybridized carbons (Fsp3) is 0.562. The fourth-order valence-corrected chi connectivity index (χ4v) is 3.02. The van der Waals surface area contributed by atoms with Crippen molar-refractivity contribution >= 4 is 0 Å². The first-order valence-corrected chi connectivity index (χ1v) is 7.78. The van der Waals surface area contributed by atoms with Crippen LogP contribution in [-0.2, 0) is 13.0 Å². The highest BCUT2D eigenvalue weighted by molar-refractivity contribution is 5.52. The molecule has 1 atom stereocenters. The molecular formula is C16H23N5. The van der Waals surface area contributed by atoms with Crippen molar-refractivity contribution in [3.63, 3.8) is 0 Å². The number of likely N-dealkylation sites (tertiary alicyclic amines) is 1. The van der Waals surface area contributed by atoms with E-state index in [-0.39, 0.29) is 0 Å². The number of aryl methyl sites for hydroxylation is 1. The van der Waals surface area contributed by atoms with Gasteiger partial charge in [0.1, 0.15) is 5.69 Å². The number of hydrogen-bond acceptors (Lipinski definition) is 4. The summed E-state index contributed by atoms with van der Waals surface area (Å²) >= 11 is 0. The van der Waals surface area contributed by atoms with Crippen molar-refractivity contribution in [3.8, 4) is 11.4 Å². The lowest BCUT2D eigenvalue weighted by atomic mass is 10.0. The maximum Gasteiger partial charge on any atom is 0.107 e. The van der Waals surface area contributed by atoms with Gasteiger partial charge < -0.3 is 4.90 Å². The molecule has 2 aromatic heterocycles. The third-order valence-electron chi connectivity index (χ3n) is 4.11. The largest absolute Gasteiger partial charge is 0.306 e. The Hall–Kier alpha value is -1.75. The fourth-order valence-electron chi connectivity index (χ4n) is 3.02. The summed E-state index contributed by atoms with van der Waals surface area (Å²) in [5.74, 6) is 0.723. The van der Waals surface area contributed by atoms with Gasteiger partial charge in [-0.1, -0.05) is 6.92 Å². The molecule has 1 aliphatic heterocycles. The van der Waals surface area contributed by atoms with Gasteiger partial charge in [-0.15, -0.1) is 0 Å². The van der Waals surface area contributed by atoms with Gasteiger partial charge in [-0.05, 0) is 44.8 Å². The van der Waals surface area contributed by atoms with E-state index in [0.717, 1.165) is 42.4 Å².